The number of carbonyl (C=O) groups excluding carboxylic acids is 2. The quantitative estimate of drug-likeness (QED) is 0.946. The van der Waals surface area contributed by atoms with E-state index in [4.69, 9.17) is 0 Å². The van der Waals surface area contributed by atoms with Crippen LogP contribution in [-0.4, -0.2) is 17.9 Å². The fraction of sp³-hybridized carbons (Fsp3) is 0.222. The van der Waals surface area contributed by atoms with Gasteiger partial charge in [0.25, 0.3) is 0 Å². The molecule has 3 rings (SSSR count). The summed E-state index contributed by atoms with van der Waals surface area (Å²) in [5, 5.41) is 2.88. The molecule has 0 bridgehead atoms. The minimum Gasteiger partial charge on any atom is -0.322 e. The molecule has 0 saturated carbocycles. The Hall–Kier alpha value is -2.62. The number of hydrogen-bond donors (Lipinski definition) is 1. The number of nitrogens with zero attached hydrogens (tertiary/aromatic N) is 1. The summed E-state index contributed by atoms with van der Waals surface area (Å²) in [5.74, 6) is -0.178. The molecule has 0 aromatic heterocycles. The summed E-state index contributed by atoms with van der Waals surface area (Å²) >= 11 is 0. The molecule has 1 heterocycles. The maximum atomic E-state index is 12.8. The second kappa shape index (κ2) is 6.02. The number of nitrogens with one attached hydrogen (secondary N) is 1. The Kier molecular flexibility index (Phi) is 3.92. The Morgan fingerprint density at radius 3 is 2.50 bits per heavy atom. The molecule has 2 aromatic rings. The Balaban J connectivity index is 1.95. The number of benzene rings is 2. The van der Waals surface area contributed by atoms with Crippen molar-refractivity contribution in [2.24, 2.45) is 0 Å². The summed E-state index contributed by atoms with van der Waals surface area (Å²) < 4.78 is 0. The van der Waals surface area contributed by atoms with Crippen molar-refractivity contribution in [1.82, 2.24) is 0 Å². The van der Waals surface area contributed by atoms with Crippen LogP contribution in [0.3, 0.4) is 0 Å². The molecule has 0 spiro atoms. The molecule has 4 nitrogen and oxygen atoms in total. The largest absolute Gasteiger partial charge is 0.322 e. The minimum absolute atomic E-state index is 0.0552. The number of amides is 2. The van der Waals surface area contributed by atoms with E-state index in [0.29, 0.717) is 18.5 Å². The summed E-state index contributed by atoms with van der Waals surface area (Å²) in [6.07, 6.45) is 0.875. The summed E-state index contributed by atoms with van der Waals surface area (Å²) in [5.41, 5.74) is 2.42. The predicted octanol–water partition coefficient (Wildman–Crippen LogP) is 2.99. The third kappa shape index (κ3) is 2.60. The van der Waals surface area contributed by atoms with Crippen molar-refractivity contribution >= 4 is 23.2 Å². The molecule has 2 amide bonds. The number of hydrogen-bond acceptors (Lipinski definition) is 2. The molecule has 1 aliphatic heterocycles. The van der Waals surface area contributed by atoms with Crippen molar-refractivity contribution in [1.29, 1.82) is 0 Å². The second-order valence-corrected chi connectivity index (χ2v) is 5.36. The van der Waals surface area contributed by atoms with Crippen LogP contribution in [-0.2, 0) is 16.0 Å². The lowest BCUT2D eigenvalue weighted by atomic mass is 10.0. The first-order valence-electron chi connectivity index (χ1n) is 7.46. The average molecular weight is 294 g/mol. The first-order chi connectivity index (χ1) is 10.7. The van der Waals surface area contributed by atoms with Crippen LogP contribution >= 0.6 is 0 Å². The van der Waals surface area contributed by atoms with Crippen molar-refractivity contribution < 1.29 is 9.59 Å². The first-order valence-corrected chi connectivity index (χ1v) is 7.46. The smallest absolute Gasteiger partial charge is 0.247 e. The van der Waals surface area contributed by atoms with Gasteiger partial charge in [-0.25, -0.2) is 0 Å². The monoisotopic (exact) mass is 294 g/mol. The second-order valence-electron chi connectivity index (χ2n) is 5.36. The number of carbonyl (C=O) groups is 2. The van der Waals surface area contributed by atoms with Gasteiger partial charge in [-0.2, -0.15) is 0 Å². The van der Waals surface area contributed by atoms with E-state index in [1.165, 1.54) is 0 Å². The van der Waals surface area contributed by atoms with Gasteiger partial charge in [-0.3, -0.25) is 14.5 Å². The first kappa shape index (κ1) is 14.3. The fourth-order valence-corrected chi connectivity index (χ4v) is 2.82. The van der Waals surface area contributed by atoms with Crippen LogP contribution < -0.4 is 10.2 Å². The highest BCUT2D eigenvalue weighted by Crippen LogP contribution is 2.33. The Bertz CT molecular complexity index is 697. The summed E-state index contributed by atoms with van der Waals surface area (Å²) in [4.78, 5) is 26.7. The maximum absolute atomic E-state index is 12.8. The van der Waals surface area contributed by atoms with Crippen molar-refractivity contribution in [3.8, 4) is 0 Å². The summed E-state index contributed by atoms with van der Waals surface area (Å²) in [6.45, 7) is 1.92. The van der Waals surface area contributed by atoms with Crippen LogP contribution in [0.15, 0.2) is 54.6 Å². The lowest BCUT2D eigenvalue weighted by Crippen LogP contribution is -2.51. The minimum atomic E-state index is -0.453. The van der Waals surface area contributed by atoms with Gasteiger partial charge in [0.15, 0.2) is 0 Å². The molecule has 22 heavy (non-hydrogen) atoms. The van der Waals surface area contributed by atoms with Crippen LogP contribution in [0.4, 0.5) is 11.4 Å². The maximum Gasteiger partial charge on any atom is 0.247 e. The van der Waals surface area contributed by atoms with Gasteiger partial charge >= 0.3 is 0 Å². The lowest BCUT2D eigenvalue weighted by molar-refractivity contribution is -0.123. The van der Waals surface area contributed by atoms with Gasteiger partial charge in [0, 0.05) is 0 Å². The van der Waals surface area contributed by atoms with E-state index >= 15 is 0 Å². The molecule has 0 aliphatic carbocycles. The number of anilines is 2. The predicted molar refractivity (Wildman–Crippen MR) is 86.8 cm³/mol. The van der Waals surface area contributed by atoms with Gasteiger partial charge < -0.3 is 5.32 Å². The van der Waals surface area contributed by atoms with E-state index in [0.717, 1.165) is 11.3 Å². The molecule has 112 valence electrons. The van der Waals surface area contributed by atoms with E-state index in [1.54, 1.807) is 4.90 Å². The Morgan fingerprint density at radius 2 is 1.77 bits per heavy atom. The fourth-order valence-electron chi connectivity index (χ4n) is 2.82. The Labute approximate surface area is 129 Å². The van der Waals surface area contributed by atoms with Crippen LogP contribution in [0.2, 0.25) is 0 Å². The molecule has 0 saturated heterocycles. The molecule has 1 unspecified atom stereocenters. The molecule has 1 aliphatic rings. The van der Waals surface area contributed by atoms with E-state index in [2.05, 4.69) is 5.32 Å². The van der Waals surface area contributed by atoms with Gasteiger partial charge in [-0.1, -0.05) is 49.4 Å². The van der Waals surface area contributed by atoms with Gasteiger partial charge in [-0.15, -0.1) is 0 Å². The van der Waals surface area contributed by atoms with Crippen molar-refractivity contribution in [3.05, 3.63) is 60.2 Å². The van der Waals surface area contributed by atoms with Crippen LogP contribution in [0.25, 0.3) is 0 Å². The SMILES string of the molecule is CCC1C(=O)Nc2ccccc2N1C(=O)Cc1ccccc1. The van der Waals surface area contributed by atoms with E-state index < -0.39 is 6.04 Å². The van der Waals surface area contributed by atoms with Gasteiger partial charge in [0.2, 0.25) is 11.8 Å². The third-order valence-electron chi connectivity index (χ3n) is 3.89. The summed E-state index contributed by atoms with van der Waals surface area (Å²) in [6, 6.07) is 16.6. The zero-order chi connectivity index (χ0) is 15.5. The third-order valence-corrected chi connectivity index (χ3v) is 3.89. The van der Waals surface area contributed by atoms with E-state index in [9.17, 15) is 9.59 Å². The Morgan fingerprint density at radius 1 is 1.09 bits per heavy atom. The van der Waals surface area contributed by atoms with E-state index in [-0.39, 0.29) is 11.8 Å². The molecular formula is C18H18N2O2. The average Bonchev–Trinajstić information content (AvgIpc) is 2.54. The van der Waals surface area contributed by atoms with E-state index in [1.807, 2.05) is 61.5 Å². The molecule has 1 atom stereocenters. The van der Waals surface area contributed by atoms with Crippen LogP contribution in [0.5, 0.6) is 0 Å². The van der Waals surface area contributed by atoms with Crippen LogP contribution in [0, 0.1) is 0 Å². The van der Waals surface area contributed by atoms with Crippen LogP contribution in [0.1, 0.15) is 18.9 Å². The highest BCUT2D eigenvalue weighted by molar-refractivity contribution is 6.12. The topological polar surface area (TPSA) is 49.4 Å². The molecule has 2 aromatic carbocycles. The van der Waals surface area contributed by atoms with Gasteiger partial charge in [0.1, 0.15) is 6.04 Å². The van der Waals surface area contributed by atoms with Crippen molar-refractivity contribution in [2.45, 2.75) is 25.8 Å². The molecule has 0 fully saturated rings. The highest BCUT2D eigenvalue weighted by atomic mass is 16.2. The molecular weight excluding hydrogens is 276 g/mol. The highest BCUT2D eigenvalue weighted by Gasteiger charge is 2.35. The van der Waals surface area contributed by atoms with Crippen molar-refractivity contribution in [3.63, 3.8) is 0 Å². The normalized spacial score (nSPS) is 16.9. The standard InChI is InChI=1S/C18H18N2O2/c1-2-15-18(22)19-14-10-6-7-11-16(14)20(15)17(21)12-13-8-4-3-5-9-13/h3-11,15H,2,12H2,1H3,(H,19,22). The molecule has 4 heteroatoms. The van der Waals surface area contributed by atoms with Gasteiger partial charge in [-0.05, 0) is 24.1 Å². The zero-order valence-electron chi connectivity index (χ0n) is 12.5. The van der Waals surface area contributed by atoms with Gasteiger partial charge in [0.05, 0.1) is 17.8 Å². The number of para-hydroxylation sites is 2. The number of fused-ring (bicyclic) bond motifs is 1. The number of rotatable bonds is 3. The zero-order valence-corrected chi connectivity index (χ0v) is 12.5. The molecule has 0 radical (unpaired) electrons. The summed E-state index contributed by atoms with van der Waals surface area (Å²) in [7, 11) is 0. The van der Waals surface area contributed by atoms with Crippen molar-refractivity contribution in [2.75, 3.05) is 10.2 Å². The molecule has 1 N–H and O–H groups in total. The lowest BCUT2D eigenvalue weighted by Gasteiger charge is -2.36.